The number of hydrogen-bond donors (Lipinski definition) is 0. The van der Waals surface area contributed by atoms with Gasteiger partial charge in [-0.25, -0.2) is 4.98 Å². The Balaban J connectivity index is 1.95. The third kappa shape index (κ3) is 2.32. The Morgan fingerprint density at radius 3 is 3.27 bits per heavy atom. The summed E-state index contributed by atoms with van der Waals surface area (Å²) in [7, 11) is 1.87. The molecule has 0 bridgehead atoms. The van der Waals surface area contributed by atoms with Gasteiger partial charge in [-0.2, -0.15) is 10.4 Å². The number of nitriles is 1. The molecule has 6 nitrogen and oxygen atoms in total. The van der Waals surface area contributed by atoms with Crippen LogP contribution in [0.25, 0.3) is 0 Å². The highest BCUT2D eigenvalue weighted by Gasteiger charge is 2.20. The van der Waals surface area contributed by atoms with E-state index in [2.05, 4.69) is 21.1 Å². The van der Waals surface area contributed by atoms with Crippen LogP contribution in [0, 0.1) is 11.3 Å². The van der Waals surface area contributed by atoms with Crippen molar-refractivity contribution < 1.29 is 4.74 Å². The van der Waals surface area contributed by atoms with Crippen molar-refractivity contribution in [2.45, 2.75) is 12.6 Å². The summed E-state index contributed by atoms with van der Waals surface area (Å²) in [4.78, 5) is 6.30. The quantitative estimate of drug-likeness (QED) is 0.656. The molecule has 0 amide bonds. The maximum Gasteiger partial charge on any atom is 0.156 e. The molecule has 0 spiro atoms. The molecule has 1 aliphatic rings. The topological polar surface area (TPSA) is 67.0 Å². The predicted octanol–water partition coefficient (Wildman–Crippen LogP) is -0.461. The largest absolute Gasteiger partial charge is 0.361 e. The van der Waals surface area contributed by atoms with Crippen molar-refractivity contribution in [2.75, 3.05) is 19.7 Å². The maximum absolute atomic E-state index is 8.75. The van der Waals surface area contributed by atoms with E-state index in [-0.39, 0.29) is 6.10 Å². The second-order valence-corrected chi connectivity index (χ2v) is 3.52. The van der Waals surface area contributed by atoms with Crippen LogP contribution in [-0.4, -0.2) is 45.5 Å². The van der Waals surface area contributed by atoms with Crippen LogP contribution in [-0.2, 0) is 18.3 Å². The summed E-state index contributed by atoms with van der Waals surface area (Å²) in [6, 6.07) is 2.12. The first-order valence-corrected chi connectivity index (χ1v) is 4.86. The van der Waals surface area contributed by atoms with Crippen LogP contribution >= 0.6 is 0 Å². The lowest BCUT2D eigenvalue weighted by atomic mass is 10.3. The molecule has 1 fully saturated rings. The van der Waals surface area contributed by atoms with Gasteiger partial charge in [-0.3, -0.25) is 9.58 Å². The number of ether oxygens (including phenoxy) is 1. The fourth-order valence-corrected chi connectivity index (χ4v) is 1.59. The Kier molecular flexibility index (Phi) is 2.94. The Bertz CT molecular complexity index is 369. The van der Waals surface area contributed by atoms with Crippen LogP contribution in [0.15, 0.2) is 6.33 Å². The molecule has 1 saturated heterocycles. The number of morpholine rings is 1. The van der Waals surface area contributed by atoms with Gasteiger partial charge in [-0.1, -0.05) is 0 Å². The predicted molar refractivity (Wildman–Crippen MR) is 51.6 cm³/mol. The smallest absolute Gasteiger partial charge is 0.156 e. The van der Waals surface area contributed by atoms with Crippen molar-refractivity contribution in [1.29, 1.82) is 5.26 Å². The highest BCUT2D eigenvalue weighted by atomic mass is 16.5. The molecule has 0 saturated carbocycles. The molecule has 2 rings (SSSR count). The summed E-state index contributed by atoms with van der Waals surface area (Å²) in [6.45, 7) is 2.81. The average Bonchev–Trinajstić information content (AvgIpc) is 2.65. The van der Waals surface area contributed by atoms with Crippen molar-refractivity contribution in [1.82, 2.24) is 19.7 Å². The van der Waals surface area contributed by atoms with Gasteiger partial charge in [0, 0.05) is 20.1 Å². The van der Waals surface area contributed by atoms with Gasteiger partial charge in [-0.05, 0) is 0 Å². The summed E-state index contributed by atoms with van der Waals surface area (Å²) in [5.41, 5.74) is 0. The first-order chi connectivity index (χ1) is 7.29. The molecule has 1 atom stereocenters. The molecule has 1 aromatic heterocycles. The van der Waals surface area contributed by atoms with Crippen LogP contribution in [0.3, 0.4) is 0 Å². The first-order valence-electron chi connectivity index (χ1n) is 4.86. The number of rotatable bonds is 2. The molecule has 1 aliphatic heterocycles. The zero-order valence-corrected chi connectivity index (χ0v) is 8.63. The summed E-state index contributed by atoms with van der Waals surface area (Å²) >= 11 is 0. The van der Waals surface area contributed by atoms with Crippen LogP contribution in [0.4, 0.5) is 0 Å². The normalized spacial score (nSPS) is 22.5. The van der Waals surface area contributed by atoms with E-state index in [1.54, 1.807) is 4.68 Å². The third-order valence-electron chi connectivity index (χ3n) is 2.46. The highest BCUT2D eigenvalue weighted by Crippen LogP contribution is 2.07. The van der Waals surface area contributed by atoms with Crippen molar-refractivity contribution in [3.05, 3.63) is 12.2 Å². The van der Waals surface area contributed by atoms with Crippen LogP contribution in [0.1, 0.15) is 5.82 Å². The standard InChI is InChI=1S/C9H13N5O/c1-13-9(11-7-12-13)6-14-2-3-15-8(4-10)5-14/h7-8H,2-3,5-6H2,1H3. The average molecular weight is 207 g/mol. The minimum atomic E-state index is -0.313. The molecule has 0 radical (unpaired) electrons. The SMILES string of the molecule is Cn1ncnc1CN1CCOC(C#N)C1. The molecule has 15 heavy (non-hydrogen) atoms. The first kappa shape index (κ1) is 10.1. The van der Waals surface area contributed by atoms with Crippen LogP contribution in [0.5, 0.6) is 0 Å². The molecule has 0 N–H and O–H groups in total. The van der Waals surface area contributed by atoms with E-state index in [4.69, 9.17) is 10.00 Å². The molecular formula is C9H13N5O. The van der Waals surface area contributed by atoms with E-state index >= 15 is 0 Å². The minimum absolute atomic E-state index is 0.313. The van der Waals surface area contributed by atoms with E-state index in [0.717, 1.165) is 18.9 Å². The van der Waals surface area contributed by atoms with Crippen molar-refractivity contribution in [2.24, 2.45) is 7.05 Å². The lowest BCUT2D eigenvalue weighted by molar-refractivity contribution is -0.00395. The van der Waals surface area contributed by atoms with Crippen LogP contribution < -0.4 is 0 Å². The number of hydrogen-bond acceptors (Lipinski definition) is 5. The van der Waals surface area contributed by atoms with E-state index in [1.165, 1.54) is 6.33 Å². The van der Waals surface area contributed by atoms with Crippen molar-refractivity contribution in [3.63, 3.8) is 0 Å². The third-order valence-corrected chi connectivity index (χ3v) is 2.46. The fraction of sp³-hybridized carbons (Fsp3) is 0.667. The van der Waals surface area contributed by atoms with E-state index in [9.17, 15) is 0 Å². The summed E-state index contributed by atoms with van der Waals surface area (Å²) in [6.07, 6.45) is 1.23. The van der Waals surface area contributed by atoms with Gasteiger partial charge in [0.15, 0.2) is 6.10 Å². The summed E-state index contributed by atoms with van der Waals surface area (Å²) in [5, 5.41) is 12.8. The second-order valence-electron chi connectivity index (χ2n) is 3.52. The van der Waals surface area contributed by atoms with Crippen molar-refractivity contribution in [3.8, 4) is 6.07 Å². The summed E-state index contributed by atoms with van der Waals surface area (Å²) < 4.78 is 7.01. The fourth-order valence-electron chi connectivity index (χ4n) is 1.59. The Morgan fingerprint density at radius 1 is 1.73 bits per heavy atom. The molecule has 1 unspecified atom stereocenters. The zero-order valence-electron chi connectivity index (χ0n) is 8.63. The zero-order chi connectivity index (χ0) is 10.7. The van der Waals surface area contributed by atoms with E-state index in [0.29, 0.717) is 13.2 Å². The monoisotopic (exact) mass is 207 g/mol. The van der Waals surface area contributed by atoms with Gasteiger partial charge < -0.3 is 4.74 Å². The Hall–Kier alpha value is -1.45. The van der Waals surface area contributed by atoms with Gasteiger partial charge in [0.1, 0.15) is 12.2 Å². The molecule has 0 aliphatic carbocycles. The lowest BCUT2D eigenvalue weighted by Crippen LogP contribution is -2.41. The van der Waals surface area contributed by atoms with Gasteiger partial charge in [0.2, 0.25) is 0 Å². The molecular weight excluding hydrogens is 194 g/mol. The molecule has 2 heterocycles. The number of aromatic nitrogens is 3. The van der Waals surface area contributed by atoms with Crippen LogP contribution in [0.2, 0.25) is 0 Å². The van der Waals surface area contributed by atoms with Gasteiger partial charge in [0.25, 0.3) is 0 Å². The number of nitrogens with zero attached hydrogens (tertiary/aromatic N) is 5. The molecule has 80 valence electrons. The second kappa shape index (κ2) is 4.38. The Morgan fingerprint density at radius 2 is 2.60 bits per heavy atom. The van der Waals surface area contributed by atoms with Gasteiger partial charge >= 0.3 is 0 Å². The number of aryl methyl sites for hydroxylation is 1. The maximum atomic E-state index is 8.75. The minimum Gasteiger partial charge on any atom is -0.361 e. The van der Waals surface area contributed by atoms with E-state index < -0.39 is 0 Å². The van der Waals surface area contributed by atoms with E-state index in [1.807, 2.05) is 7.05 Å². The molecule has 1 aromatic rings. The van der Waals surface area contributed by atoms with Crippen molar-refractivity contribution >= 4 is 0 Å². The molecule has 0 aromatic carbocycles. The van der Waals surface area contributed by atoms with Gasteiger partial charge in [0.05, 0.1) is 19.2 Å². The summed E-state index contributed by atoms with van der Waals surface area (Å²) in [5.74, 6) is 0.911. The molecule has 6 heteroatoms. The Labute approximate surface area is 88.1 Å². The lowest BCUT2D eigenvalue weighted by Gasteiger charge is -2.28. The highest BCUT2D eigenvalue weighted by molar-refractivity contribution is 4.91. The van der Waals surface area contributed by atoms with Gasteiger partial charge in [-0.15, -0.1) is 0 Å².